The Bertz CT molecular complexity index is 200. The topological polar surface area (TPSA) is 72.2 Å². The van der Waals surface area contributed by atoms with Crippen LogP contribution in [-0.4, -0.2) is 16.3 Å². The molecule has 0 radical (unpaired) electrons. The molecular formula is C7H14BrN2NaO2. The molecule has 0 atom stereocenters. The van der Waals surface area contributed by atoms with Gasteiger partial charge in [0.25, 0.3) is 0 Å². The number of nitrogens with one attached hydrogen (secondary N) is 1. The summed E-state index contributed by atoms with van der Waals surface area (Å²) in [5.74, 6) is -0.375. The quantitative estimate of drug-likeness (QED) is 0.467. The average Bonchev–Trinajstić information content (AvgIpc) is 2.02. The first-order chi connectivity index (χ1) is 5.46. The van der Waals surface area contributed by atoms with E-state index in [1.165, 1.54) is 0 Å². The van der Waals surface area contributed by atoms with Crippen LogP contribution in [0.2, 0.25) is 0 Å². The molecule has 0 heterocycles. The van der Waals surface area contributed by atoms with Crippen LogP contribution in [0.25, 0.3) is 0 Å². The van der Waals surface area contributed by atoms with Crippen LogP contribution in [0.1, 0.15) is 28.1 Å². The first-order valence-corrected chi connectivity index (χ1v) is 4.55. The summed E-state index contributed by atoms with van der Waals surface area (Å²) >= 11 is 3.26. The Hall–Kier alpha value is 0.420. The van der Waals surface area contributed by atoms with E-state index in [1.807, 2.05) is 19.2 Å². The smallest absolute Gasteiger partial charge is 1.00 e. The summed E-state index contributed by atoms with van der Waals surface area (Å²) in [4.78, 5) is 21.6. The molecule has 6 heteroatoms. The van der Waals surface area contributed by atoms with Crippen molar-refractivity contribution in [3.05, 3.63) is 0 Å². The second-order valence-corrected chi connectivity index (χ2v) is 4.01. The number of amides is 3. The molecule has 72 valence electrons. The van der Waals surface area contributed by atoms with E-state index in [1.54, 1.807) is 0 Å². The zero-order valence-electron chi connectivity index (χ0n) is 9.19. The number of primary amides is 1. The molecule has 0 rings (SSSR count). The molecule has 0 unspecified atom stereocenters. The maximum Gasteiger partial charge on any atom is 1.00 e. The van der Waals surface area contributed by atoms with Gasteiger partial charge in [-0.1, -0.05) is 29.8 Å². The van der Waals surface area contributed by atoms with E-state index in [-0.39, 0.29) is 36.9 Å². The van der Waals surface area contributed by atoms with Crippen LogP contribution in [0.15, 0.2) is 0 Å². The van der Waals surface area contributed by atoms with Crippen molar-refractivity contribution in [3.8, 4) is 0 Å². The monoisotopic (exact) mass is 260 g/mol. The molecule has 0 saturated heterocycles. The maximum atomic E-state index is 11.3. The molecule has 3 amide bonds. The standard InChI is InChI=1S/C7H13BrN2O2.Na.H/c1-3-7(8,4-2)5(11)10-6(9)12;;/h3-4H2,1-2H3,(H3,9,10,11,12);;/q;+1;-1. The number of alkyl halides is 1. The third-order valence-electron chi connectivity index (χ3n) is 1.76. The Morgan fingerprint density at radius 1 is 1.46 bits per heavy atom. The molecule has 4 nitrogen and oxygen atoms in total. The van der Waals surface area contributed by atoms with Gasteiger partial charge in [-0.25, -0.2) is 4.79 Å². The molecular weight excluding hydrogens is 247 g/mol. The van der Waals surface area contributed by atoms with Gasteiger partial charge in [0.15, 0.2) is 0 Å². The van der Waals surface area contributed by atoms with Gasteiger partial charge in [0.2, 0.25) is 5.91 Å². The molecule has 0 aliphatic carbocycles. The van der Waals surface area contributed by atoms with Gasteiger partial charge in [-0.15, -0.1) is 0 Å². The van der Waals surface area contributed by atoms with E-state index in [0.29, 0.717) is 12.8 Å². The summed E-state index contributed by atoms with van der Waals surface area (Å²) in [5, 5.41) is 2.04. The number of halogens is 1. The minimum Gasteiger partial charge on any atom is -1.00 e. The predicted molar refractivity (Wildman–Crippen MR) is 51.1 cm³/mol. The average molecular weight is 261 g/mol. The van der Waals surface area contributed by atoms with E-state index < -0.39 is 10.4 Å². The number of hydrogen-bond acceptors (Lipinski definition) is 2. The third kappa shape index (κ3) is 5.00. The molecule has 0 bridgehead atoms. The number of imide groups is 1. The zero-order valence-corrected chi connectivity index (χ0v) is 11.8. The van der Waals surface area contributed by atoms with Gasteiger partial charge in [0, 0.05) is 0 Å². The summed E-state index contributed by atoms with van der Waals surface area (Å²) in [6.45, 7) is 3.72. The van der Waals surface area contributed by atoms with Crippen molar-refractivity contribution in [3.63, 3.8) is 0 Å². The first-order valence-electron chi connectivity index (χ1n) is 3.76. The van der Waals surface area contributed by atoms with Crippen molar-refractivity contribution < 1.29 is 40.6 Å². The molecule has 0 saturated carbocycles. The Kier molecular flexibility index (Phi) is 8.32. The molecule has 0 aromatic heterocycles. The van der Waals surface area contributed by atoms with Crippen LogP contribution < -0.4 is 40.6 Å². The molecule has 0 aromatic rings. The molecule has 3 N–H and O–H groups in total. The summed E-state index contributed by atoms with van der Waals surface area (Å²) in [6, 6.07) is -0.814. The van der Waals surface area contributed by atoms with Gasteiger partial charge in [0.1, 0.15) is 4.32 Å². The van der Waals surface area contributed by atoms with Crippen LogP contribution >= 0.6 is 15.9 Å². The number of carbonyl (C=O) groups is 2. The van der Waals surface area contributed by atoms with E-state index >= 15 is 0 Å². The van der Waals surface area contributed by atoms with Gasteiger partial charge >= 0.3 is 35.6 Å². The van der Waals surface area contributed by atoms with Gasteiger partial charge in [-0.3, -0.25) is 10.1 Å². The normalized spacial score (nSPS) is 10.1. The fourth-order valence-corrected chi connectivity index (χ4v) is 0.894. The minimum atomic E-state index is -0.814. The van der Waals surface area contributed by atoms with Crippen molar-refractivity contribution in [2.75, 3.05) is 0 Å². The van der Waals surface area contributed by atoms with Crippen LogP contribution in [0.3, 0.4) is 0 Å². The summed E-state index contributed by atoms with van der Waals surface area (Å²) < 4.78 is -0.665. The van der Waals surface area contributed by atoms with Crippen LogP contribution in [0, 0.1) is 0 Å². The third-order valence-corrected chi connectivity index (χ3v) is 3.25. The minimum absolute atomic E-state index is 0. The van der Waals surface area contributed by atoms with E-state index in [2.05, 4.69) is 15.9 Å². The molecule has 0 aliphatic rings. The van der Waals surface area contributed by atoms with Crippen LogP contribution in [0.4, 0.5) is 4.79 Å². The predicted octanol–water partition coefficient (Wildman–Crippen LogP) is -1.75. The fraction of sp³-hybridized carbons (Fsp3) is 0.714. The fourth-order valence-electron chi connectivity index (χ4n) is 0.795. The van der Waals surface area contributed by atoms with Crippen LogP contribution in [0.5, 0.6) is 0 Å². The summed E-state index contributed by atoms with van der Waals surface area (Å²) in [5.41, 5.74) is 4.81. The van der Waals surface area contributed by atoms with Gasteiger partial charge in [-0.05, 0) is 12.8 Å². The summed E-state index contributed by atoms with van der Waals surface area (Å²) in [7, 11) is 0. The van der Waals surface area contributed by atoms with E-state index in [9.17, 15) is 9.59 Å². The van der Waals surface area contributed by atoms with E-state index in [4.69, 9.17) is 5.73 Å². The number of nitrogens with two attached hydrogens (primary N) is 1. The van der Waals surface area contributed by atoms with E-state index in [0.717, 1.165) is 0 Å². The second-order valence-electron chi connectivity index (χ2n) is 2.49. The van der Waals surface area contributed by atoms with Crippen molar-refractivity contribution >= 4 is 27.9 Å². The van der Waals surface area contributed by atoms with Gasteiger partial charge in [-0.2, -0.15) is 0 Å². The molecule has 0 aromatic carbocycles. The van der Waals surface area contributed by atoms with Crippen molar-refractivity contribution in [2.24, 2.45) is 5.73 Å². The Morgan fingerprint density at radius 3 is 2.08 bits per heavy atom. The Balaban J connectivity index is -0.000000605. The maximum absolute atomic E-state index is 11.3. The molecule has 0 aliphatic heterocycles. The number of carbonyl (C=O) groups excluding carboxylic acids is 2. The Morgan fingerprint density at radius 2 is 1.85 bits per heavy atom. The Labute approximate surface area is 110 Å². The van der Waals surface area contributed by atoms with Crippen molar-refractivity contribution in [1.29, 1.82) is 0 Å². The van der Waals surface area contributed by atoms with Gasteiger partial charge < -0.3 is 7.16 Å². The van der Waals surface area contributed by atoms with Crippen molar-refractivity contribution in [2.45, 2.75) is 31.0 Å². The SMILES string of the molecule is CCC(Br)(CC)C(=O)NC(N)=O.[H-].[Na+]. The van der Waals surface area contributed by atoms with Gasteiger partial charge in [0.05, 0.1) is 0 Å². The van der Waals surface area contributed by atoms with Crippen LogP contribution in [-0.2, 0) is 4.79 Å². The largest absolute Gasteiger partial charge is 1.00 e. The molecule has 0 fully saturated rings. The number of hydrogen-bond donors (Lipinski definition) is 2. The summed E-state index contributed by atoms with van der Waals surface area (Å²) in [6.07, 6.45) is 1.23. The molecule has 0 spiro atoms. The number of rotatable bonds is 3. The number of urea groups is 1. The van der Waals surface area contributed by atoms with Crippen molar-refractivity contribution in [1.82, 2.24) is 5.32 Å². The molecule has 13 heavy (non-hydrogen) atoms. The zero-order chi connectivity index (χ0) is 9.78. The second kappa shape index (κ2) is 6.81. The first kappa shape index (κ1) is 15.9.